The Balaban J connectivity index is 1.81. The molecular weight excluding hydrogens is 266 g/mol. The Morgan fingerprint density at radius 3 is 2.81 bits per heavy atom. The van der Waals surface area contributed by atoms with Gasteiger partial charge in [-0.2, -0.15) is 0 Å². The number of hydrogen-bond acceptors (Lipinski definition) is 3. The topological polar surface area (TPSA) is 68.4 Å². The van der Waals surface area contributed by atoms with Crippen molar-refractivity contribution in [3.05, 3.63) is 35.0 Å². The van der Waals surface area contributed by atoms with Crippen LogP contribution in [0.25, 0.3) is 10.9 Å². The molecule has 0 radical (unpaired) electrons. The fourth-order valence-electron chi connectivity index (χ4n) is 2.99. The Morgan fingerprint density at radius 2 is 2.10 bits per heavy atom. The van der Waals surface area contributed by atoms with E-state index < -0.39 is 5.97 Å². The second-order valence-corrected chi connectivity index (χ2v) is 5.67. The Morgan fingerprint density at radius 1 is 1.33 bits per heavy atom. The maximum absolute atomic E-state index is 11.3. The molecule has 1 aliphatic heterocycles. The van der Waals surface area contributed by atoms with Crippen LogP contribution < -0.4 is 5.32 Å². The van der Waals surface area contributed by atoms with Crippen molar-refractivity contribution in [2.75, 3.05) is 32.7 Å². The Labute approximate surface area is 124 Å². The predicted octanol–water partition coefficient (Wildman–Crippen LogP) is 1.62. The molecule has 0 unspecified atom stereocenters. The van der Waals surface area contributed by atoms with E-state index in [0.29, 0.717) is 5.56 Å². The predicted molar refractivity (Wildman–Crippen MR) is 83.0 cm³/mol. The van der Waals surface area contributed by atoms with E-state index in [1.165, 1.54) is 5.56 Å². The van der Waals surface area contributed by atoms with E-state index in [0.717, 1.165) is 55.6 Å². The van der Waals surface area contributed by atoms with Crippen molar-refractivity contribution in [1.82, 2.24) is 15.2 Å². The molecule has 3 N–H and O–H groups in total. The molecule has 1 aliphatic rings. The number of benzene rings is 1. The van der Waals surface area contributed by atoms with Crippen LogP contribution in [-0.2, 0) is 6.42 Å². The lowest BCUT2D eigenvalue weighted by molar-refractivity contribution is 0.0696. The van der Waals surface area contributed by atoms with Crippen LogP contribution in [-0.4, -0.2) is 53.7 Å². The molecule has 0 bridgehead atoms. The summed E-state index contributed by atoms with van der Waals surface area (Å²) in [5.41, 5.74) is 3.41. The SMILES string of the molecule is Cc1cc2[nH]cc(CCN3CCNCC3)c2cc1C(=O)O. The highest BCUT2D eigenvalue weighted by atomic mass is 16.4. The van der Waals surface area contributed by atoms with Gasteiger partial charge in [0.2, 0.25) is 0 Å². The third-order valence-corrected chi connectivity index (χ3v) is 4.25. The first-order chi connectivity index (χ1) is 10.1. The lowest BCUT2D eigenvalue weighted by atomic mass is 10.0. The van der Waals surface area contributed by atoms with Gasteiger partial charge >= 0.3 is 5.97 Å². The van der Waals surface area contributed by atoms with Gasteiger partial charge in [-0.05, 0) is 36.6 Å². The number of rotatable bonds is 4. The number of piperazine rings is 1. The molecule has 1 aromatic heterocycles. The van der Waals surface area contributed by atoms with Crippen LogP contribution in [0.1, 0.15) is 21.5 Å². The zero-order valence-corrected chi connectivity index (χ0v) is 12.3. The first-order valence-electron chi connectivity index (χ1n) is 7.42. The molecule has 2 heterocycles. The summed E-state index contributed by atoms with van der Waals surface area (Å²) >= 11 is 0. The number of nitrogens with one attached hydrogen (secondary N) is 2. The van der Waals surface area contributed by atoms with Crippen molar-refractivity contribution in [3.8, 4) is 0 Å². The number of carboxylic acids is 1. The first kappa shape index (κ1) is 14.1. The molecule has 112 valence electrons. The average molecular weight is 287 g/mol. The van der Waals surface area contributed by atoms with Gasteiger partial charge in [-0.25, -0.2) is 4.79 Å². The second kappa shape index (κ2) is 5.87. The summed E-state index contributed by atoms with van der Waals surface area (Å²) in [6, 6.07) is 3.73. The molecule has 0 amide bonds. The van der Waals surface area contributed by atoms with E-state index in [2.05, 4.69) is 15.2 Å². The van der Waals surface area contributed by atoms with Crippen molar-refractivity contribution >= 4 is 16.9 Å². The maximum Gasteiger partial charge on any atom is 0.335 e. The van der Waals surface area contributed by atoms with Gasteiger partial charge in [0.05, 0.1) is 5.56 Å². The number of nitrogens with zero attached hydrogens (tertiary/aromatic N) is 1. The van der Waals surface area contributed by atoms with Crippen LogP contribution in [0.3, 0.4) is 0 Å². The van der Waals surface area contributed by atoms with Crippen molar-refractivity contribution in [3.63, 3.8) is 0 Å². The van der Waals surface area contributed by atoms with Crippen LogP contribution in [0.15, 0.2) is 18.3 Å². The summed E-state index contributed by atoms with van der Waals surface area (Å²) in [5, 5.41) is 13.6. The number of hydrogen-bond donors (Lipinski definition) is 3. The molecular formula is C16H21N3O2. The molecule has 1 saturated heterocycles. The van der Waals surface area contributed by atoms with Crippen molar-refractivity contribution in [2.24, 2.45) is 0 Å². The molecule has 5 heteroatoms. The van der Waals surface area contributed by atoms with Crippen LogP contribution in [0.4, 0.5) is 0 Å². The minimum Gasteiger partial charge on any atom is -0.478 e. The van der Waals surface area contributed by atoms with Crippen LogP contribution >= 0.6 is 0 Å². The molecule has 0 atom stereocenters. The van der Waals surface area contributed by atoms with Crippen molar-refractivity contribution < 1.29 is 9.90 Å². The minimum atomic E-state index is -0.858. The third kappa shape index (κ3) is 2.94. The van der Waals surface area contributed by atoms with E-state index >= 15 is 0 Å². The molecule has 2 aromatic rings. The largest absolute Gasteiger partial charge is 0.478 e. The van der Waals surface area contributed by atoms with Gasteiger partial charge < -0.3 is 20.3 Å². The van der Waals surface area contributed by atoms with E-state index in [-0.39, 0.29) is 0 Å². The van der Waals surface area contributed by atoms with Crippen molar-refractivity contribution in [1.29, 1.82) is 0 Å². The van der Waals surface area contributed by atoms with E-state index in [9.17, 15) is 9.90 Å². The molecule has 1 aromatic carbocycles. The number of fused-ring (bicyclic) bond motifs is 1. The average Bonchev–Trinajstić information content (AvgIpc) is 2.87. The smallest absolute Gasteiger partial charge is 0.335 e. The summed E-state index contributed by atoms with van der Waals surface area (Å²) in [6.07, 6.45) is 2.96. The Bertz CT molecular complexity index is 657. The van der Waals surface area contributed by atoms with Gasteiger partial charge in [0.15, 0.2) is 0 Å². The van der Waals surface area contributed by atoms with Gasteiger partial charge in [-0.1, -0.05) is 0 Å². The lowest BCUT2D eigenvalue weighted by Crippen LogP contribution is -2.44. The minimum absolute atomic E-state index is 0.394. The van der Waals surface area contributed by atoms with E-state index in [1.807, 2.05) is 19.2 Å². The fraction of sp³-hybridized carbons (Fsp3) is 0.438. The Kier molecular flexibility index (Phi) is 3.94. The van der Waals surface area contributed by atoms with Crippen LogP contribution in [0.2, 0.25) is 0 Å². The number of aromatic carboxylic acids is 1. The normalized spacial score (nSPS) is 16.4. The van der Waals surface area contributed by atoms with Gasteiger partial charge in [0.1, 0.15) is 0 Å². The van der Waals surface area contributed by atoms with Gasteiger partial charge in [-0.15, -0.1) is 0 Å². The molecule has 0 saturated carbocycles. The number of aromatic nitrogens is 1. The summed E-state index contributed by atoms with van der Waals surface area (Å²) < 4.78 is 0. The van der Waals surface area contributed by atoms with Gasteiger partial charge in [0.25, 0.3) is 0 Å². The second-order valence-electron chi connectivity index (χ2n) is 5.67. The highest BCUT2D eigenvalue weighted by Crippen LogP contribution is 2.23. The number of carbonyl (C=O) groups is 1. The lowest BCUT2D eigenvalue weighted by Gasteiger charge is -2.26. The molecule has 3 rings (SSSR count). The monoisotopic (exact) mass is 287 g/mol. The number of aromatic amines is 1. The zero-order valence-electron chi connectivity index (χ0n) is 12.3. The summed E-state index contributed by atoms with van der Waals surface area (Å²) in [6.45, 7) is 7.13. The van der Waals surface area contributed by atoms with E-state index in [1.54, 1.807) is 6.07 Å². The molecule has 5 nitrogen and oxygen atoms in total. The highest BCUT2D eigenvalue weighted by Gasteiger charge is 2.14. The number of H-pyrrole nitrogens is 1. The van der Waals surface area contributed by atoms with E-state index in [4.69, 9.17) is 0 Å². The Hall–Kier alpha value is -1.85. The summed E-state index contributed by atoms with van der Waals surface area (Å²) in [5.74, 6) is -0.858. The third-order valence-electron chi connectivity index (χ3n) is 4.25. The standard InChI is InChI=1S/C16H21N3O2/c1-11-8-15-14(9-13(11)16(20)21)12(10-18-15)2-5-19-6-3-17-4-7-19/h8-10,17-18H,2-7H2,1H3,(H,20,21). The summed E-state index contributed by atoms with van der Waals surface area (Å²) in [4.78, 5) is 17.0. The fourth-order valence-corrected chi connectivity index (χ4v) is 2.99. The van der Waals surface area contributed by atoms with Gasteiger partial charge in [0, 0.05) is 49.8 Å². The van der Waals surface area contributed by atoms with Crippen LogP contribution in [0.5, 0.6) is 0 Å². The maximum atomic E-state index is 11.3. The van der Waals surface area contributed by atoms with Crippen LogP contribution in [0, 0.1) is 6.92 Å². The molecule has 21 heavy (non-hydrogen) atoms. The molecule has 1 fully saturated rings. The van der Waals surface area contributed by atoms with Crippen molar-refractivity contribution in [2.45, 2.75) is 13.3 Å². The molecule has 0 aliphatic carbocycles. The summed E-state index contributed by atoms with van der Waals surface area (Å²) in [7, 11) is 0. The number of carboxylic acid groups (broad SMARTS) is 1. The molecule has 0 spiro atoms. The highest BCUT2D eigenvalue weighted by molar-refractivity contribution is 5.96. The quantitative estimate of drug-likeness (QED) is 0.799. The van der Waals surface area contributed by atoms with Gasteiger partial charge in [-0.3, -0.25) is 0 Å². The zero-order chi connectivity index (χ0) is 14.8. The number of aryl methyl sites for hydroxylation is 1. The first-order valence-corrected chi connectivity index (χ1v) is 7.42.